The van der Waals surface area contributed by atoms with E-state index in [-0.39, 0.29) is 17.6 Å². The summed E-state index contributed by atoms with van der Waals surface area (Å²) in [5, 5.41) is 10.8. The maximum absolute atomic E-state index is 13.2. The fourth-order valence-corrected chi connectivity index (χ4v) is 5.32. The van der Waals surface area contributed by atoms with Gasteiger partial charge in [-0.25, -0.2) is 9.50 Å². The second kappa shape index (κ2) is 8.25. The summed E-state index contributed by atoms with van der Waals surface area (Å²) in [5.74, 6) is 1.53. The molecule has 34 heavy (non-hydrogen) atoms. The minimum atomic E-state index is -0.293. The summed E-state index contributed by atoms with van der Waals surface area (Å²) >= 11 is 0. The van der Waals surface area contributed by atoms with Crippen molar-refractivity contribution in [3.63, 3.8) is 0 Å². The second-order valence-corrected chi connectivity index (χ2v) is 10.0. The van der Waals surface area contributed by atoms with Crippen LogP contribution in [0.4, 0.5) is 5.69 Å². The van der Waals surface area contributed by atoms with E-state index in [0.717, 1.165) is 43.7 Å². The highest BCUT2D eigenvalue weighted by atomic mass is 16.5. The Hall–Kier alpha value is -3.17. The van der Waals surface area contributed by atoms with E-state index in [1.54, 1.807) is 23.0 Å². The number of hydrogen-bond donors (Lipinski definition) is 2. The number of aromatic nitrogens is 3. The van der Waals surface area contributed by atoms with Crippen molar-refractivity contribution in [3.05, 3.63) is 47.9 Å². The molecule has 0 spiro atoms. The third-order valence-electron chi connectivity index (χ3n) is 6.85. The number of carbonyl (C=O) groups excluding carboxylic acids is 1. The summed E-state index contributed by atoms with van der Waals surface area (Å²) < 4.78 is 19.9. The number of benzene rings is 1. The van der Waals surface area contributed by atoms with Crippen molar-refractivity contribution in [1.29, 1.82) is 0 Å². The van der Waals surface area contributed by atoms with E-state index >= 15 is 0 Å². The molecular formula is C25H29N5O4. The number of morpholine rings is 1. The van der Waals surface area contributed by atoms with E-state index < -0.39 is 0 Å². The predicted octanol–water partition coefficient (Wildman–Crippen LogP) is 2.84. The van der Waals surface area contributed by atoms with Crippen molar-refractivity contribution in [2.24, 2.45) is 5.92 Å². The minimum absolute atomic E-state index is 0.258. The maximum Gasteiger partial charge on any atom is 0.261 e. The molecule has 4 heterocycles. The number of anilines is 1. The normalized spacial score (nSPS) is 24.9. The molecule has 1 amide bonds. The third-order valence-corrected chi connectivity index (χ3v) is 6.85. The lowest BCUT2D eigenvalue weighted by molar-refractivity contribution is 0.00966. The summed E-state index contributed by atoms with van der Waals surface area (Å²) in [7, 11) is 0. The Labute approximate surface area is 197 Å². The van der Waals surface area contributed by atoms with Crippen molar-refractivity contribution < 1.29 is 19.0 Å². The lowest BCUT2D eigenvalue weighted by Gasteiger charge is -2.26. The summed E-state index contributed by atoms with van der Waals surface area (Å²) in [6.07, 6.45) is 7.96. The van der Waals surface area contributed by atoms with Crippen LogP contribution >= 0.6 is 0 Å². The predicted molar refractivity (Wildman–Crippen MR) is 126 cm³/mol. The summed E-state index contributed by atoms with van der Waals surface area (Å²) in [5.41, 5.74) is 2.31. The first-order chi connectivity index (χ1) is 16.4. The second-order valence-electron chi connectivity index (χ2n) is 10.0. The molecule has 3 atom stereocenters. The van der Waals surface area contributed by atoms with Crippen molar-refractivity contribution in [1.82, 2.24) is 19.9 Å². The Balaban J connectivity index is 1.24. The molecule has 2 N–H and O–H groups in total. The van der Waals surface area contributed by atoms with E-state index in [1.807, 2.05) is 12.1 Å². The van der Waals surface area contributed by atoms with Crippen molar-refractivity contribution in [2.75, 3.05) is 25.1 Å². The van der Waals surface area contributed by atoms with Gasteiger partial charge in [0.1, 0.15) is 22.7 Å². The van der Waals surface area contributed by atoms with E-state index in [0.29, 0.717) is 41.2 Å². The van der Waals surface area contributed by atoms with Crippen LogP contribution in [0.25, 0.3) is 5.65 Å². The molecule has 0 radical (unpaired) electrons. The fraction of sp³-hybridized carbons (Fsp3) is 0.480. The van der Waals surface area contributed by atoms with Crippen LogP contribution < -0.4 is 20.1 Å². The molecule has 0 bridgehead atoms. The van der Waals surface area contributed by atoms with Gasteiger partial charge in [-0.2, -0.15) is 5.10 Å². The van der Waals surface area contributed by atoms with Gasteiger partial charge in [-0.05, 0) is 44.7 Å². The molecule has 178 valence electrons. The molecule has 1 aliphatic carbocycles. The smallest absolute Gasteiger partial charge is 0.261 e. The first-order valence-electron chi connectivity index (χ1n) is 11.9. The number of fused-ring (bicyclic) bond motifs is 3. The SMILES string of the molecule is CC1(C)Cc2cc(NC(=O)c3cnn4cccnc34)c(OC[C@@H]3C[C@H]4NCCO[C@@H]4C3)cc2O1. The minimum Gasteiger partial charge on any atom is -0.491 e. The Bertz CT molecular complexity index is 1230. The van der Waals surface area contributed by atoms with Gasteiger partial charge in [-0.3, -0.25) is 4.79 Å². The number of nitrogens with one attached hydrogen (secondary N) is 2. The fourth-order valence-electron chi connectivity index (χ4n) is 5.32. The number of hydrogen-bond acceptors (Lipinski definition) is 7. The van der Waals surface area contributed by atoms with Gasteiger partial charge in [0.15, 0.2) is 5.65 Å². The van der Waals surface area contributed by atoms with Gasteiger partial charge >= 0.3 is 0 Å². The molecule has 1 saturated carbocycles. The van der Waals surface area contributed by atoms with Gasteiger partial charge in [-0.15, -0.1) is 0 Å². The van der Waals surface area contributed by atoms with Crippen LogP contribution in [0.1, 0.15) is 42.6 Å². The molecule has 2 aromatic heterocycles. The topological polar surface area (TPSA) is 99.0 Å². The van der Waals surface area contributed by atoms with Crippen LogP contribution in [0.3, 0.4) is 0 Å². The molecule has 2 aliphatic heterocycles. The lowest BCUT2D eigenvalue weighted by atomic mass is 10.0. The number of rotatable bonds is 5. The van der Waals surface area contributed by atoms with Crippen LogP contribution in [0.5, 0.6) is 11.5 Å². The quantitative estimate of drug-likeness (QED) is 0.600. The number of ether oxygens (including phenoxy) is 3. The Morgan fingerprint density at radius 2 is 2.26 bits per heavy atom. The number of carbonyl (C=O) groups is 1. The zero-order valence-corrected chi connectivity index (χ0v) is 19.4. The highest BCUT2D eigenvalue weighted by Gasteiger charge is 2.37. The third kappa shape index (κ3) is 3.99. The van der Waals surface area contributed by atoms with E-state index in [4.69, 9.17) is 14.2 Å². The largest absolute Gasteiger partial charge is 0.491 e. The Kier molecular flexibility index (Phi) is 5.18. The number of amides is 1. The van der Waals surface area contributed by atoms with Gasteiger partial charge in [0.05, 0.1) is 31.2 Å². The Morgan fingerprint density at radius 3 is 3.15 bits per heavy atom. The molecule has 9 heteroatoms. The van der Waals surface area contributed by atoms with Crippen LogP contribution in [0, 0.1) is 5.92 Å². The average Bonchev–Trinajstić information content (AvgIpc) is 3.50. The summed E-state index contributed by atoms with van der Waals surface area (Å²) in [6, 6.07) is 6.05. The monoisotopic (exact) mass is 463 g/mol. The van der Waals surface area contributed by atoms with E-state index in [2.05, 4.69) is 34.6 Å². The molecule has 0 unspecified atom stereocenters. The number of nitrogens with zero attached hydrogens (tertiary/aromatic N) is 3. The van der Waals surface area contributed by atoms with E-state index in [9.17, 15) is 4.79 Å². The first kappa shape index (κ1) is 21.4. The van der Waals surface area contributed by atoms with Gasteiger partial charge in [0, 0.05) is 43.0 Å². The zero-order chi connectivity index (χ0) is 23.3. The molecular weight excluding hydrogens is 434 g/mol. The van der Waals surface area contributed by atoms with Crippen LogP contribution in [-0.2, 0) is 11.2 Å². The van der Waals surface area contributed by atoms with E-state index in [1.165, 1.54) is 6.20 Å². The highest BCUT2D eigenvalue weighted by Crippen LogP contribution is 2.42. The van der Waals surface area contributed by atoms with Gasteiger partial charge in [0.2, 0.25) is 0 Å². The highest BCUT2D eigenvalue weighted by molar-refractivity contribution is 6.08. The van der Waals surface area contributed by atoms with Gasteiger partial charge < -0.3 is 24.8 Å². The van der Waals surface area contributed by atoms with Crippen molar-refractivity contribution in [3.8, 4) is 11.5 Å². The van der Waals surface area contributed by atoms with Crippen LogP contribution in [-0.4, -0.2) is 58.0 Å². The Morgan fingerprint density at radius 1 is 1.35 bits per heavy atom. The van der Waals surface area contributed by atoms with Gasteiger partial charge in [0.25, 0.3) is 5.91 Å². The summed E-state index contributed by atoms with van der Waals surface area (Å²) in [4.78, 5) is 17.5. The molecule has 9 nitrogen and oxygen atoms in total. The standard InChI is InChI=1S/C25H29N5O4/c1-25(2)12-16-10-19(29-24(31)17-13-28-30-6-3-4-27-23(17)30)22(11-20(16)34-25)33-14-15-8-18-21(9-15)32-7-5-26-18/h3-4,6,10-11,13,15,18,21,26H,5,7-9,12,14H2,1-2H3,(H,29,31)/t15-,18-,21-/m1/s1. The molecule has 6 rings (SSSR count). The van der Waals surface area contributed by atoms with Crippen LogP contribution in [0.2, 0.25) is 0 Å². The molecule has 2 fully saturated rings. The molecule has 3 aromatic rings. The maximum atomic E-state index is 13.2. The summed E-state index contributed by atoms with van der Waals surface area (Å²) in [6.45, 7) is 6.34. The molecule has 3 aliphatic rings. The van der Waals surface area contributed by atoms with Crippen molar-refractivity contribution >= 4 is 17.2 Å². The molecule has 1 saturated heterocycles. The zero-order valence-electron chi connectivity index (χ0n) is 19.4. The average molecular weight is 464 g/mol. The van der Waals surface area contributed by atoms with Gasteiger partial charge in [-0.1, -0.05) is 0 Å². The van der Waals surface area contributed by atoms with Crippen molar-refractivity contribution in [2.45, 2.75) is 50.9 Å². The first-order valence-corrected chi connectivity index (χ1v) is 11.9. The molecule has 1 aromatic carbocycles. The lowest BCUT2D eigenvalue weighted by Crippen LogP contribution is -2.44. The van der Waals surface area contributed by atoms with Crippen LogP contribution in [0.15, 0.2) is 36.8 Å².